The van der Waals surface area contributed by atoms with E-state index in [-0.39, 0.29) is 11.3 Å². The van der Waals surface area contributed by atoms with Gasteiger partial charge in [-0.3, -0.25) is 9.59 Å². The number of hydrogen-bond donors (Lipinski definition) is 1. The minimum Gasteiger partial charge on any atom is -0.321 e. The van der Waals surface area contributed by atoms with Crippen molar-refractivity contribution < 1.29 is 4.79 Å². The molecule has 1 N–H and O–H groups in total. The van der Waals surface area contributed by atoms with E-state index in [0.717, 1.165) is 4.68 Å². The van der Waals surface area contributed by atoms with E-state index < -0.39 is 5.91 Å². The molecule has 0 fully saturated rings. The Bertz CT molecular complexity index is 652. The van der Waals surface area contributed by atoms with Crippen molar-refractivity contribution in [1.82, 2.24) is 9.78 Å². The molecule has 1 amide bonds. The van der Waals surface area contributed by atoms with E-state index in [4.69, 9.17) is 11.6 Å². The first-order valence-corrected chi connectivity index (χ1v) is 5.55. The van der Waals surface area contributed by atoms with E-state index in [1.807, 2.05) is 0 Å². The van der Waals surface area contributed by atoms with Crippen LogP contribution in [0, 0.1) is 0 Å². The van der Waals surface area contributed by atoms with Crippen LogP contribution in [0.15, 0.2) is 41.2 Å². The normalized spacial score (nSPS) is 10.1. The highest BCUT2D eigenvalue weighted by atomic mass is 35.5. The Morgan fingerprint density at radius 3 is 2.78 bits per heavy atom. The highest BCUT2D eigenvalue weighted by molar-refractivity contribution is 6.30. The molecule has 2 rings (SSSR count). The van der Waals surface area contributed by atoms with Crippen molar-refractivity contribution in [1.29, 1.82) is 0 Å². The van der Waals surface area contributed by atoms with E-state index >= 15 is 0 Å². The maximum absolute atomic E-state index is 11.9. The van der Waals surface area contributed by atoms with Gasteiger partial charge in [-0.15, -0.1) is 0 Å². The van der Waals surface area contributed by atoms with E-state index in [1.165, 1.54) is 19.2 Å². The standard InChI is InChI=1S/C12H10ClN3O2/c1-16-11(17)6-5-10(15-16)12(18)14-9-4-2-3-8(13)7-9/h2-7H,1H3,(H,14,18). The maximum atomic E-state index is 11.9. The van der Waals surface area contributed by atoms with E-state index in [1.54, 1.807) is 24.3 Å². The molecule has 0 saturated carbocycles. The van der Waals surface area contributed by atoms with Gasteiger partial charge in [0.15, 0.2) is 0 Å². The topological polar surface area (TPSA) is 64.0 Å². The number of anilines is 1. The zero-order valence-electron chi connectivity index (χ0n) is 9.55. The quantitative estimate of drug-likeness (QED) is 0.897. The monoisotopic (exact) mass is 263 g/mol. The number of carbonyl (C=O) groups excluding carboxylic acids is 1. The Morgan fingerprint density at radius 2 is 2.11 bits per heavy atom. The lowest BCUT2D eigenvalue weighted by atomic mass is 10.3. The number of rotatable bonds is 2. The summed E-state index contributed by atoms with van der Waals surface area (Å²) in [4.78, 5) is 23.0. The van der Waals surface area contributed by atoms with Crippen molar-refractivity contribution in [3.05, 3.63) is 57.5 Å². The molecule has 92 valence electrons. The van der Waals surface area contributed by atoms with Crippen molar-refractivity contribution in [2.75, 3.05) is 5.32 Å². The van der Waals surface area contributed by atoms with Crippen LogP contribution in [0.4, 0.5) is 5.69 Å². The van der Waals surface area contributed by atoms with Crippen molar-refractivity contribution in [3.63, 3.8) is 0 Å². The largest absolute Gasteiger partial charge is 0.321 e. The lowest BCUT2D eigenvalue weighted by Crippen LogP contribution is -2.23. The summed E-state index contributed by atoms with van der Waals surface area (Å²) >= 11 is 5.81. The summed E-state index contributed by atoms with van der Waals surface area (Å²) in [5, 5.41) is 7.02. The predicted octanol–water partition coefficient (Wildman–Crippen LogP) is 1.69. The Balaban J connectivity index is 2.22. The lowest BCUT2D eigenvalue weighted by molar-refractivity contribution is 0.102. The molecule has 0 aliphatic heterocycles. The molecule has 0 aliphatic rings. The molecular formula is C12H10ClN3O2. The summed E-state index contributed by atoms with van der Waals surface area (Å²) in [6.07, 6.45) is 0. The minimum atomic E-state index is -0.395. The van der Waals surface area contributed by atoms with Gasteiger partial charge in [-0.05, 0) is 24.3 Å². The van der Waals surface area contributed by atoms with Crippen molar-refractivity contribution in [3.8, 4) is 0 Å². The van der Waals surface area contributed by atoms with Gasteiger partial charge in [-0.2, -0.15) is 5.10 Å². The molecule has 1 aromatic heterocycles. The number of aromatic nitrogens is 2. The summed E-state index contributed by atoms with van der Waals surface area (Å²) in [5.41, 5.74) is 0.467. The smallest absolute Gasteiger partial charge is 0.276 e. The van der Waals surface area contributed by atoms with Gasteiger partial charge >= 0.3 is 0 Å². The minimum absolute atomic E-state index is 0.164. The fourth-order valence-corrected chi connectivity index (χ4v) is 1.58. The van der Waals surface area contributed by atoms with Crippen molar-refractivity contribution >= 4 is 23.2 Å². The number of hydrogen-bond acceptors (Lipinski definition) is 3. The molecule has 0 unspecified atom stereocenters. The molecule has 0 bridgehead atoms. The number of halogens is 1. The molecule has 0 atom stereocenters. The summed E-state index contributed by atoms with van der Waals surface area (Å²) in [6, 6.07) is 9.45. The van der Waals surface area contributed by atoms with Gasteiger partial charge in [0.05, 0.1) is 0 Å². The number of benzene rings is 1. The van der Waals surface area contributed by atoms with Gasteiger partial charge < -0.3 is 5.32 Å². The number of amides is 1. The first-order valence-electron chi connectivity index (χ1n) is 5.17. The molecule has 5 nitrogen and oxygen atoms in total. The molecule has 2 aromatic rings. The second-order valence-corrected chi connectivity index (χ2v) is 4.08. The van der Waals surface area contributed by atoms with Crippen molar-refractivity contribution in [2.45, 2.75) is 0 Å². The van der Waals surface area contributed by atoms with Crippen LogP contribution in [-0.2, 0) is 7.05 Å². The van der Waals surface area contributed by atoms with Crippen LogP contribution in [0.25, 0.3) is 0 Å². The van der Waals surface area contributed by atoms with Crippen LogP contribution in [0.5, 0.6) is 0 Å². The number of aryl methyl sites for hydroxylation is 1. The molecule has 1 heterocycles. The van der Waals surface area contributed by atoms with E-state index in [2.05, 4.69) is 10.4 Å². The zero-order valence-corrected chi connectivity index (χ0v) is 10.3. The lowest BCUT2D eigenvalue weighted by Gasteiger charge is -2.05. The highest BCUT2D eigenvalue weighted by Crippen LogP contribution is 2.15. The highest BCUT2D eigenvalue weighted by Gasteiger charge is 2.08. The van der Waals surface area contributed by atoms with E-state index in [9.17, 15) is 9.59 Å². The molecular weight excluding hydrogens is 254 g/mol. The van der Waals surface area contributed by atoms with Crippen LogP contribution < -0.4 is 10.9 Å². The van der Waals surface area contributed by atoms with Gasteiger partial charge in [-0.25, -0.2) is 4.68 Å². The SMILES string of the molecule is Cn1nc(C(=O)Nc2cccc(Cl)c2)ccc1=O. The summed E-state index contributed by atoms with van der Waals surface area (Å²) < 4.78 is 1.10. The molecule has 0 radical (unpaired) electrons. The third-order valence-corrected chi connectivity index (χ3v) is 2.51. The van der Waals surface area contributed by atoms with Crippen LogP contribution >= 0.6 is 11.6 Å². The Kier molecular flexibility index (Phi) is 3.43. The maximum Gasteiger partial charge on any atom is 0.276 e. The average molecular weight is 264 g/mol. The molecule has 18 heavy (non-hydrogen) atoms. The zero-order chi connectivity index (χ0) is 13.1. The Morgan fingerprint density at radius 1 is 1.33 bits per heavy atom. The third-order valence-electron chi connectivity index (χ3n) is 2.28. The Labute approximate surface area is 108 Å². The molecule has 0 saturated heterocycles. The Hall–Kier alpha value is -2.14. The summed E-state index contributed by atoms with van der Waals surface area (Å²) in [6.45, 7) is 0. The molecule has 6 heteroatoms. The van der Waals surface area contributed by atoms with Gasteiger partial charge in [0.1, 0.15) is 5.69 Å². The predicted molar refractivity (Wildman–Crippen MR) is 68.9 cm³/mol. The third kappa shape index (κ3) is 2.75. The average Bonchev–Trinajstić information content (AvgIpc) is 2.32. The number of nitrogens with one attached hydrogen (secondary N) is 1. The van der Waals surface area contributed by atoms with Gasteiger partial charge in [0.2, 0.25) is 0 Å². The van der Waals surface area contributed by atoms with Crippen LogP contribution in [0.2, 0.25) is 5.02 Å². The summed E-state index contributed by atoms with van der Waals surface area (Å²) in [5.74, 6) is -0.395. The van der Waals surface area contributed by atoms with Crippen LogP contribution in [0.1, 0.15) is 10.5 Å². The molecule has 0 aliphatic carbocycles. The van der Waals surface area contributed by atoms with Crippen LogP contribution in [0.3, 0.4) is 0 Å². The fraction of sp³-hybridized carbons (Fsp3) is 0.0833. The molecule has 1 aromatic carbocycles. The summed E-state index contributed by atoms with van der Waals surface area (Å²) in [7, 11) is 1.48. The second kappa shape index (κ2) is 5.01. The first-order chi connectivity index (χ1) is 8.56. The number of nitrogens with zero attached hydrogens (tertiary/aromatic N) is 2. The van der Waals surface area contributed by atoms with Crippen molar-refractivity contribution in [2.24, 2.45) is 7.05 Å². The molecule has 0 spiro atoms. The van der Waals surface area contributed by atoms with Crippen LogP contribution in [-0.4, -0.2) is 15.7 Å². The number of carbonyl (C=O) groups is 1. The van der Waals surface area contributed by atoms with E-state index in [0.29, 0.717) is 10.7 Å². The first kappa shape index (κ1) is 12.3. The van der Waals surface area contributed by atoms with Gasteiger partial charge in [-0.1, -0.05) is 17.7 Å². The fourth-order valence-electron chi connectivity index (χ4n) is 1.38. The second-order valence-electron chi connectivity index (χ2n) is 3.64. The van der Waals surface area contributed by atoms with Gasteiger partial charge in [0.25, 0.3) is 11.5 Å². The van der Waals surface area contributed by atoms with Gasteiger partial charge in [0, 0.05) is 23.8 Å².